The Bertz CT molecular complexity index is 475. The average molecular weight is 258 g/mol. The Balaban J connectivity index is 1.84. The van der Waals surface area contributed by atoms with Crippen molar-refractivity contribution in [3.63, 3.8) is 0 Å². The van der Waals surface area contributed by atoms with Crippen molar-refractivity contribution in [1.82, 2.24) is 10.6 Å². The standard InChI is InChI=1S/C15H18N2O2/c1-2-14(18)16-9-12-5-7-13(8-6-12)15(19)17-10-11-3-4-11/h2,5-8,11H,1,3-4,9-10H2,(H,16,18)(H,17,19). The van der Waals surface area contributed by atoms with Crippen LogP contribution in [0.4, 0.5) is 0 Å². The maximum Gasteiger partial charge on any atom is 0.251 e. The zero-order valence-electron chi connectivity index (χ0n) is 10.8. The van der Waals surface area contributed by atoms with Crippen molar-refractivity contribution >= 4 is 11.8 Å². The van der Waals surface area contributed by atoms with Gasteiger partial charge >= 0.3 is 0 Å². The number of hydrogen-bond donors (Lipinski definition) is 2. The summed E-state index contributed by atoms with van der Waals surface area (Å²) in [4.78, 5) is 22.8. The van der Waals surface area contributed by atoms with Crippen molar-refractivity contribution in [3.8, 4) is 0 Å². The molecule has 0 unspecified atom stereocenters. The van der Waals surface area contributed by atoms with Gasteiger partial charge in [0, 0.05) is 18.7 Å². The molecule has 1 aromatic rings. The van der Waals surface area contributed by atoms with Crippen molar-refractivity contribution in [3.05, 3.63) is 48.0 Å². The van der Waals surface area contributed by atoms with E-state index < -0.39 is 0 Å². The summed E-state index contributed by atoms with van der Waals surface area (Å²) in [6.45, 7) is 4.60. The molecule has 4 nitrogen and oxygen atoms in total. The molecule has 1 aliphatic carbocycles. The van der Waals surface area contributed by atoms with Gasteiger partial charge in [0.05, 0.1) is 0 Å². The highest BCUT2D eigenvalue weighted by Crippen LogP contribution is 2.27. The van der Waals surface area contributed by atoms with Gasteiger partial charge in [0.2, 0.25) is 5.91 Å². The number of carbonyl (C=O) groups is 2. The van der Waals surface area contributed by atoms with Crippen LogP contribution in [0.15, 0.2) is 36.9 Å². The van der Waals surface area contributed by atoms with E-state index in [-0.39, 0.29) is 11.8 Å². The first kappa shape index (κ1) is 13.3. The van der Waals surface area contributed by atoms with Crippen molar-refractivity contribution in [1.29, 1.82) is 0 Å². The van der Waals surface area contributed by atoms with Crippen LogP contribution in [0.25, 0.3) is 0 Å². The van der Waals surface area contributed by atoms with Gasteiger partial charge in [-0.25, -0.2) is 0 Å². The van der Waals surface area contributed by atoms with Crippen LogP contribution in [0.2, 0.25) is 0 Å². The SMILES string of the molecule is C=CC(=O)NCc1ccc(C(=O)NCC2CC2)cc1. The Hall–Kier alpha value is -2.10. The molecule has 0 aliphatic heterocycles. The normalized spacial score (nSPS) is 13.7. The number of rotatable bonds is 6. The van der Waals surface area contributed by atoms with Crippen molar-refractivity contribution in [2.75, 3.05) is 6.54 Å². The fourth-order valence-electron chi connectivity index (χ4n) is 1.70. The van der Waals surface area contributed by atoms with E-state index in [1.807, 2.05) is 12.1 Å². The monoisotopic (exact) mass is 258 g/mol. The number of benzene rings is 1. The highest BCUT2D eigenvalue weighted by molar-refractivity contribution is 5.94. The van der Waals surface area contributed by atoms with Crippen LogP contribution in [0.5, 0.6) is 0 Å². The van der Waals surface area contributed by atoms with Crippen molar-refractivity contribution in [2.24, 2.45) is 5.92 Å². The molecule has 1 saturated carbocycles. The molecule has 4 heteroatoms. The molecule has 1 aromatic carbocycles. The molecule has 1 fully saturated rings. The maximum absolute atomic E-state index is 11.8. The van der Waals surface area contributed by atoms with Gasteiger partial charge in [-0.1, -0.05) is 18.7 Å². The highest BCUT2D eigenvalue weighted by Gasteiger charge is 2.21. The second-order valence-corrected chi connectivity index (χ2v) is 4.77. The molecular weight excluding hydrogens is 240 g/mol. The third-order valence-corrected chi connectivity index (χ3v) is 3.12. The van der Waals surface area contributed by atoms with E-state index in [1.54, 1.807) is 12.1 Å². The molecule has 0 aromatic heterocycles. The number of carbonyl (C=O) groups excluding carboxylic acids is 2. The molecule has 2 rings (SSSR count). The maximum atomic E-state index is 11.8. The Labute approximate surface area is 112 Å². The van der Waals surface area contributed by atoms with Gasteiger partial charge in [0.15, 0.2) is 0 Å². The number of hydrogen-bond acceptors (Lipinski definition) is 2. The van der Waals surface area contributed by atoms with Gasteiger partial charge < -0.3 is 10.6 Å². The van der Waals surface area contributed by atoms with Gasteiger partial charge in [-0.15, -0.1) is 0 Å². The molecular formula is C15H18N2O2. The second kappa shape index (κ2) is 6.18. The molecule has 1 aliphatic rings. The largest absolute Gasteiger partial charge is 0.352 e. The first-order valence-electron chi connectivity index (χ1n) is 6.46. The van der Waals surface area contributed by atoms with Crippen LogP contribution in [0, 0.1) is 5.92 Å². The van der Waals surface area contributed by atoms with Crippen LogP contribution in [-0.2, 0) is 11.3 Å². The van der Waals surface area contributed by atoms with E-state index in [0.29, 0.717) is 18.0 Å². The summed E-state index contributed by atoms with van der Waals surface area (Å²) in [5.41, 5.74) is 1.60. The lowest BCUT2D eigenvalue weighted by atomic mass is 10.1. The van der Waals surface area contributed by atoms with E-state index >= 15 is 0 Å². The molecule has 0 bridgehead atoms. The molecule has 0 heterocycles. The Kier molecular flexibility index (Phi) is 4.34. The predicted octanol–water partition coefficient (Wildman–Crippen LogP) is 1.63. The van der Waals surface area contributed by atoms with E-state index in [1.165, 1.54) is 18.9 Å². The fourth-order valence-corrected chi connectivity index (χ4v) is 1.70. The number of amides is 2. The lowest BCUT2D eigenvalue weighted by Gasteiger charge is -2.06. The van der Waals surface area contributed by atoms with Crippen LogP contribution < -0.4 is 10.6 Å². The lowest BCUT2D eigenvalue weighted by Crippen LogP contribution is -2.25. The van der Waals surface area contributed by atoms with Gasteiger partial charge in [-0.3, -0.25) is 9.59 Å². The zero-order chi connectivity index (χ0) is 13.7. The minimum absolute atomic E-state index is 0.0337. The van der Waals surface area contributed by atoms with Gasteiger partial charge in [0.1, 0.15) is 0 Å². The topological polar surface area (TPSA) is 58.2 Å². The second-order valence-electron chi connectivity index (χ2n) is 4.77. The third-order valence-electron chi connectivity index (χ3n) is 3.12. The average Bonchev–Trinajstić information content (AvgIpc) is 3.27. The molecule has 19 heavy (non-hydrogen) atoms. The Morgan fingerprint density at radius 1 is 1.21 bits per heavy atom. The van der Waals surface area contributed by atoms with Crippen LogP contribution in [-0.4, -0.2) is 18.4 Å². The summed E-state index contributed by atoms with van der Waals surface area (Å²) in [6, 6.07) is 7.24. The van der Waals surface area contributed by atoms with E-state index in [2.05, 4.69) is 17.2 Å². The van der Waals surface area contributed by atoms with Gasteiger partial charge in [-0.05, 0) is 42.5 Å². The molecule has 0 atom stereocenters. The van der Waals surface area contributed by atoms with Crippen molar-refractivity contribution in [2.45, 2.75) is 19.4 Å². The van der Waals surface area contributed by atoms with Crippen LogP contribution in [0.3, 0.4) is 0 Å². The lowest BCUT2D eigenvalue weighted by molar-refractivity contribution is -0.116. The Morgan fingerprint density at radius 2 is 1.89 bits per heavy atom. The van der Waals surface area contributed by atoms with E-state index in [4.69, 9.17) is 0 Å². The summed E-state index contributed by atoms with van der Waals surface area (Å²) in [7, 11) is 0. The zero-order valence-corrected chi connectivity index (χ0v) is 10.8. The Morgan fingerprint density at radius 3 is 2.47 bits per heavy atom. The van der Waals surface area contributed by atoms with E-state index in [0.717, 1.165) is 12.1 Å². The smallest absolute Gasteiger partial charge is 0.251 e. The minimum atomic E-state index is -0.203. The van der Waals surface area contributed by atoms with Crippen LogP contribution in [0.1, 0.15) is 28.8 Å². The van der Waals surface area contributed by atoms with Gasteiger partial charge in [-0.2, -0.15) is 0 Å². The summed E-state index contributed by atoms with van der Waals surface area (Å²) < 4.78 is 0. The van der Waals surface area contributed by atoms with E-state index in [9.17, 15) is 9.59 Å². The third kappa shape index (κ3) is 4.25. The molecule has 100 valence electrons. The van der Waals surface area contributed by atoms with Crippen molar-refractivity contribution < 1.29 is 9.59 Å². The molecule has 2 amide bonds. The summed E-state index contributed by atoms with van der Waals surface area (Å²) in [5.74, 6) is 0.442. The predicted molar refractivity (Wildman–Crippen MR) is 73.5 cm³/mol. The molecule has 0 saturated heterocycles. The van der Waals surface area contributed by atoms with Crippen LogP contribution >= 0.6 is 0 Å². The summed E-state index contributed by atoms with van der Waals surface area (Å²) in [5, 5.41) is 5.61. The highest BCUT2D eigenvalue weighted by atomic mass is 16.2. The quantitative estimate of drug-likeness (QED) is 0.762. The minimum Gasteiger partial charge on any atom is -0.352 e. The van der Waals surface area contributed by atoms with Gasteiger partial charge in [0.25, 0.3) is 5.91 Å². The fraction of sp³-hybridized carbons (Fsp3) is 0.333. The summed E-state index contributed by atoms with van der Waals surface area (Å²) >= 11 is 0. The first-order valence-corrected chi connectivity index (χ1v) is 6.46. The summed E-state index contributed by atoms with van der Waals surface area (Å²) in [6.07, 6.45) is 3.68. The first-order chi connectivity index (χ1) is 9.19. The molecule has 0 spiro atoms. The number of nitrogens with one attached hydrogen (secondary N) is 2. The molecule has 0 radical (unpaired) electrons. The molecule has 2 N–H and O–H groups in total.